The Morgan fingerprint density at radius 3 is 2.55 bits per heavy atom. The number of nitrogens with one attached hydrogen (secondary N) is 1. The van der Waals surface area contributed by atoms with Crippen LogP contribution in [0.5, 0.6) is 0 Å². The molecule has 2 rings (SSSR count). The molecule has 0 aliphatic carbocycles. The average Bonchev–Trinajstić information content (AvgIpc) is 2.71. The summed E-state index contributed by atoms with van der Waals surface area (Å²) in [5, 5.41) is 7.91. The second-order valence-electron chi connectivity index (χ2n) is 4.84. The summed E-state index contributed by atoms with van der Waals surface area (Å²) >= 11 is 3.61. The van der Waals surface area contributed by atoms with Gasteiger partial charge in [-0.3, -0.25) is 4.68 Å². The van der Waals surface area contributed by atoms with Crippen LogP contribution in [0.15, 0.2) is 28.7 Å². The third-order valence-electron chi connectivity index (χ3n) is 3.45. The first-order valence-electron chi connectivity index (χ1n) is 6.72. The zero-order valence-electron chi connectivity index (χ0n) is 12.0. The van der Waals surface area contributed by atoms with Gasteiger partial charge in [0.15, 0.2) is 0 Å². The molecule has 0 spiro atoms. The molecule has 0 aliphatic rings. The Bertz CT molecular complexity index is 578. The second kappa shape index (κ2) is 6.50. The van der Waals surface area contributed by atoms with E-state index < -0.39 is 0 Å². The van der Waals surface area contributed by atoms with Crippen molar-refractivity contribution in [3.05, 3.63) is 51.5 Å². The zero-order chi connectivity index (χ0) is 14.7. The number of aryl methyl sites for hydroxylation is 2. The normalized spacial score (nSPS) is 12.7. The van der Waals surface area contributed by atoms with Gasteiger partial charge in [-0.15, -0.1) is 0 Å². The Hall–Kier alpha value is -1.20. The van der Waals surface area contributed by atoms with Crippen LogP contribution in [0.4, 0.5) is 4.39 Å². The molecule has 0 saturated heterocycles. The van der Waals surface area contributed by atoms with Crippen LogP contribution in [0.3, 0.4) is 0 Å². The molecule has 1 heterocycles. The lowest BCUT2D eigenvalue weighted by Gasteiger charge is -2.14. The summed E-state index contributed by atoms with van der Waals surface area (Å²) in [6.07, 6.45) is 0.905. The molecule has 0 fully saturated rings. The molecule has 0 saturated carbocycles. The molecular weight excluding hydrogens is 321 g/mol. The molecule has 1 atom stereocenters. The molecule has 1 N–H and O–H groups in total. The van der Waals surface area contributed by atoms with E-state index in [-0.39, 0.29) is 11.9 Å². The van der Waals surface area contributed by atoms with Gasteiger partial charge in [-0.2, -0.15) is 5.10 Å². The van der Waals surface area contributed by atoms with Gasteiger partial charge in [-0.05, 0) is 47.0 Å². The minimum atomic E-state index is -0.206. The number of benzene rings is 1. The van der Waals surface area contributed by atoms with Crippen molar-refractivity contribution in [3.63, 3.8) is 0 Å². The molecule has 108 valence electrons. The maximum absolute atomic E-state index is 12.9. The van der Waals surface area contributed by atoms with E-state index in [4.69, 9.17) is 0 Å². The number of aromatic nitrogens is 2. The molecule has 1 aromatic heterocycles. The number of halogens is 2. The van der Waals surface area contributed by atoms with E-state index in [0.717, 1.165) is 27.8 Å². The monoisotopic (exact) mass is 339 g/mol. The summed E-state index contributed by atoms with van der Waals surface area (Å²) in [6, 6.07) is 6.75. The highest BCUT2D eigenvalue weighted by Gasteiger charge is 2.13. The van der Waals surface area contributed by atoms with Crippen molar-refractivity contribution >= 4 is 15.9 Å². The van der Waals surface area contributed by atoms with Gasteiger partial charge in [0.05, 0.1) is 15.9 Å². The van der Waals surface area contributed by atoms with Gasteiger partial charge in [0.1, 0.15) is 5.82 Å². The smallest absolute Gasteiger partial charge is 0.123 e. The Morgan fingerprint density at radius 1 is 1.35 bits per heavy atom. The average molecular weight is 340 g/mol. The molecule has 0 radical (unpaired) electrons. The Morgan fingerprint density at radius 2 is 2.00 bits per heavy atom. The lowest BCUT2D eigenvalue weighted by Crippen LogP contribution is -2.20. The first-order chi connectivity index (χ1) is 9.52. The van der Waals surface area contributed by atoms with Gasteiger partial charge in [0.25, 0.3) is 0 Å². The van der Waals surface area contributed by atoms with Crippen molar-refractivity contribution in [1.29, 1.82) is 0 Å². The van der Waals surface area contributed by atoms with Crippen LogP contribution in [-0.2, 0) is 20.0 Å². The fourth-order valence-electron chi connectivity index (χ4n) is 2.13. The van der Waals surface area contributed by atoms with Crippen LogP contribution < -0.4 is 5.32 Å². The minimum absolute atomic E-state index is 0.155. The zero-order valence-corrected chi connectivity index (χ0v) is 13.5. The van der Waals surface area contributed by atoms with Gasteiger partial charge in [0, 0.05) is 19.6 Å². The maximum atomic E-state index is 12.9. The summed E-state index contributed by atoms with van der Waals surface area (Å²) in [5.74, 6) is -0.206. The lowest BCUT2D eigenvalue weighted by molar-refractivity contribution is 0.545. The van der Waals surface area contributed by atoms with Gasteiger partial charge in [-0.1, -0.05) is 19.1 Å². The summed E-state index contributed by atoms with van der Waals surface area (Å²) < 4.78 is 15.9. The predicted octanol–water partition coefficient (Wildman–Crippen LogP) is 3.73. The molecule has 20 heavy (non-hydrogen) atoms. The molecular formula is C15H19BrFN3. The van der Waals surface area contributed by atoms with E-state index in [1.54, 1.807) is 0 Å². The first kappa shape index (κ1) is 15.2. The Labute approximate surface area is 127 Å². The van der Waals surface area contributed by atoms with Crippen molar-refractivity contribution in [1.82, 2.24) is 15.1 Å². The largest absolute Gasteiger partial charge is 0.305 e. The second-order valence-corrected chi connectivity index (χ2v) is 5.63. The lowest BCUT2D eigenvalue weighted by atomic mass is 10.1. The molecule has 1 aromatic carbocycles. The van der Waals surface area contributed by atoms with E-state index >= 15 is 0 Å². The van der Waals surface area contributed by atoms with Crippen molar-refractivity contribution in [2.75, 3.05) is 0 Å². The standard InChI is InChI=1S/C15H19BrFN3/c1-4-13-15(16)14(20(3)19-13)9-18-10(2)11-5-7-12(17)8-6-11/h5-8,10,18H,4,9H2,1-3H3. The van der Waals surface area contributed by atoms with Crippen molar-refractivity contribution < 1.29 is 4.39 Å². The van der Waals surface area contributed by atoms with E-state index in [2.05, 4.69) is 40.2 Å². The van der Waals surface area contributed by atoms with Crippen molar-refractivity contribution in [2.45, 2.75) is 32.9 Å². The fourth-order valence-corrected chi connectivity index (χ4v) is 2.89. The molecule has 5 heteroatoms. The summed E-state index contributed by atoms with van der Waals surface area (Å²) in [6.45, 7) is 4.87. The number of rotatable bonds is 5. The van der Waals surface area contributed by atoms with Crippen LogP contribution in [0.25, 0.3) is 0 Å². The quantitative estimate of drug-likeness (QED) is 0.899. The minimum Gasteiger partial charge on any atom is -0.305 e. The Kier molecular flexibility index (Phi) is 4.94. The highest BCUT2D eigenvalue weighted by atomic mass is 79.9. The maximum Gasteiger partial charge on any atom is 0.123 e. The van der Waals surface area contributed by atoms with Gasteiger partial charge in [0.2, 0.25) is 0 Å². The molecule has 0 aliphatic heterocycles. The van der Waals surface area contributed by atoms with E-state index in [1.807, 2.05) is 23.9 Å². The van der Waals surface area contributed by atoms with Crippen LogP contribution >= 0.6 is 15.9 Å². The summed E-state index contributed by atoms with van der Waals surface area (Å²) in [4.78, 5) is 0. The predicted molar refractivity (Wildman–Crippen MR) is 81.9 cm³/mol. The van der Waals surface area contributed by atoms with Gasteiger partial charge in [-0.25, -0.2) is 4.39 Å². The van der Waals surface area contributed by atoms with Crippen LogP contribution in [-0.4, -0.2) is 9.78 Å². The number of hydrogen-bond acceptors (Lipinski definition) is 2. The van der Waals surface area contributed by atoms with E-state index in [1.165, 1.54) is 12.1 Å². The SMILES string of the molecule is CCc1nn(C)c(CNC(C)c2ccc(F)cc2)c1Br. The van der Waals surface area contributed by atoms with E-state index in [9.17, 15) is 4.39 Å². The van der Waals surface area contributed by atoms with Crippen molar-refractivity contribution in [2.24, 2.45) is 7.05 Å². The highest BCUT2D eigenvalue weighted by Crippen LogP contribution is 2.22. The third-order valence-corrected chi connectivity index (χ3v) is 4.36. The van der Waals surface area contributed by atoms with Gasteiger partial charge >= 0.3 is 0 Å². The summed E-state index contributed by atoms with van der Waals surface area (Å²) in [7, 11) is 1.95. The van der Waals surface area contributed by atoms with Crippen molar-refractivity contribution in [3.8, 4) is 0 Å². The first-order valence-corrected chi connectivity index (χ1v) is 7.51. The molecule has 2 aromatic rings. The molecule has 3 nitrogen and oxygen atoms in total. The number of hydrogen-bond donors (Lipinski definition) is 1. The molecule has 0 amide bonds. The Balaban J connectivity index is 2.05. The van der Waals surface area contributed by atoms with Crippen LogP contribution in [0, 0.1) is 5.82 Å². The van der Waals surface area contributed by atoms with Crippen LogP contribution in [0.2, 0.25) is 0 Å². The van der Waals surface area contributed by atoms with Crippen LogP contribution in [0.1, 0.15) is 36.8 Å². The number of nitrogens with zero attached hydrogens (tertiary/aromatic N) is 2. The van der Waals surface area contributed by atoms with Gasteiger partial charge < -0.3 is 5.32 Å². The topological polar surface area (TPSA) is 29.9 Å². The van der Waals surface area contributed by atoms with E-state index in [0.29, 0.717) is 6.54 Å². The highest BCUT2D eigenvalue weighted by molar-refractivity contribution is 9.10. The fraction of sp³-hybridized carbons (Fsp3) is 0.400. The summed E-state index contributed by atoms with van der Waals surface area (Å²) in [5.41, 5.74) is 3.26. The molecule has 0 bridgehead atoms. The third kappa shape index (κ3) is 3.27. The molecule has 1 unspecified atom stereocenters.